The summed E-state index contributed by atoms with van der Waals surface area (Å²) in [5.74, 6) is 1.16. The van der Waals surface area contributed by atoms with Crippen molar-refractivity contribution >= 4 is 18.0 Å². The topological polar surface area (TPSA) is 44.0 Å². The van der Waals surface area contributed by atoms with Crippen molar-refractivity contribution in [3.05, 3.63) is 16.0 Å². The van der Waals surface area contributed by atoms with E-state index in [0.29, 0.717) is 4.77 Å². The normalized spacial score (nSPS) is 20.5. The molecule has 0 saturated carbocycles. The molecule has 0 atom stereocenters. The van der Waals surface area contributed by atoms with Gasteiger partial charge < -0.3 is 15.2 Å². The van der Waals surface area contributed by atoms with E-state index in [9.17, 15) is 0 Å². The highest BCUT2D eigenvalue weighted by Crippen LogP contribution is 2.25. The van der Waals surface area contributed by atoms with Crippen LogP contribution in [0.15, 0.2) is 0 Å². The number of aromatic nitrogens is 2. The summed E-state index contributed by atoms with van der Waals surface area (Å²) in [6, 6.07) is 0. The zero-order chi connectivity index (χ0) is 13.1. The molecule has 1 aromatic heterocycles. The lowest BCUT2D eigenvalue weighted by Gasteiger charge is -2.25. The number of aromatic amines is 1. The highest BCUT2D eigenvalue weighted by Gasteiger charge is 2.19. The first-order valence-corrected chi connectivity index (χ1v) is 7.83. The molecule has 0 radical (unpaired) electrons. The summed E-state index contributed by atoms with van der Waals surface area (Å²) in [5.41, 5.74) is 2.68. The molecule has 0 bridgehead atoms. The van der Waals surface area contributed by atoms with Gasteiger partial charge in [-0.15, -0.1) is 0 Å². The number of fused-ring (bicyclic) bond motifs is 1. The fourth-order valence-electron chi connectivity index (χ4n) is 3.10. The van der Waals surface area contributed by atoms with Gasteiger partial charge in [-0.2, -0.15) is 0 Å². The molecule has 2 aliphatic heterocycles. The number of H-pyrrole nitrogens is 1. The molecule has 0 aliphatic carbocycles. The van der Waals surface area contributed by atoms with Crippen molar-refractivity contribution in [2.24, 2.45) is 0 Å². The van der Waals surface area contributed by atoms with Gasteiger partial charge >= 0.3 is 0 Å². The van der Waals surface area contributed by atoms with Gasteiger partial charge in [0.1, 0.15) is 5.82 Å². The Hall–Kier alpha value is -0.940. The van der Waals surface area contributed by atoms with Crippen molar-refractivity contribution in [3.8, 4) is 0 Å². The summed E-state index contributed by atoms with van der Waals surface area (Å²) in [4.78, 5) is 10.4. The minimum absolute atomic E-state index is 0.639. The van der Waals surface area contributed by atoms with Gasteiger partial charge in [0.05, 0.1) is 0 Å². The van der Waals surface area contributed by atoms with E-state index >= 15 is 0 Å². The molecule has 2 aliphatic rings. The zero-order valence-corrected chi connectivity index (χ0v) is 12.2. The van der Waals surface area contributed by atoms with Crippen LogP contribution in [0.4, 0.5) is 5.82 Å². The second kappa shape index (κ2) is 6.01. The third kappa shape index (κ3) is 2.98. The van der Waals surface area contributed by atoms with Crippen LogP contribution in [-0.4, -0.2) is 36.1 Å². The van der Waals surface area contributed by atoms with Gasteiger partial charge in [0.25, 0.3) is 0 Å². The van der Waals surface area contributed by atoms with E-state index in [-0.39, 0.29) is 0 Å². The maximum Gasteiger partial charge on any atom is 0.198 e. The van der Waals surface area contributed by atoms with E-state index in [0.717, 1.165) is 44.8 Å². The molecule has 104 valence electrons. The van der Waals surface area contributed by atoms with Gasteiger partial charge in [0, 0.05) is 37.3 Å². The van der Waals surface area contributed by atoms with Crippen LogP contribution in [0, 0.1) is 4.77 Å². The van der Waals surface area contributed by atoms with Crippen LogP contribution in [0.2, 0.25) is 0 Å². The predicted molar refractivity (Wildman–Crippen MR) is 80.4 cm³/mol. The van der Waals surface area contributed by atoms with Gasteiger partial charge in [-0.25, -0.2) is 4.98 Å². The van der Waals surface area contributed by atoms with E-state index in [2.05, 4.69) is 20.2 Å². The number of anilines is 1. The molecule has 1 fully saturated rings. The van der Waals surface area contributed by atoms with Crippen LogP contribution in [0.1, 0.15) is 36.9 Å². The second-order valence-corrected chi connectivity index (χ2v) is 5.86. The number of nitrogens with one attached hydrogen (secondary N) is 2. The van der Waals surface area contributed by atoms with Gasteiger partial charge in [0.2, 0.25) is 0 Å². The molecule has 0 unspecified atom stereocenters. The minimum Gasteiger partial charge on any atom is -0.356 e. The van der Waals surface area contributed by atoms with E-state index in [1.165, 1.54) is 36.9 Å². The quantitative estimate of drug-likeness (QED) is 0.773. The molecule has 3 heterocycles. The van der Waals surface area contributed by atoms with Crippen molar-refractivity contribution in [2.45, 2.75) is 38.5 Å². The molecule has 2 N–H and O–H groups in total. The number of hydrogen-bond donors (Lipinski definition) is 2. The molecule has 1 saturated heterocycles. The molecular weight excluding hydrogens is 256 g/mol. The summed E-state index contributed by atoms with van der Waals surface area (Å²) in [7, 11) is 0. The molecule has 19 heavy (non-hydrogen) atoms. The first-order chi connectivity index (χ1) is 9.34. The highest BCUT2D eigenvalue weighted by atomic mass is 32.1. The predicted octanol–water partition coefficient (Wildman–Crippen LogP) is 2.21. The fraction of sp³-hybridized carbons (Fsp3) is 0.714. The minimum atomic E-state index is 0.639. The van der Waals surface area contributed by atoms with E-state index < -0.39 is 0 Å². The van der Waals surface area contributed by atoms with Gasteiger partial charge in [-0.3, -0.25) is 0 Å². The first-order valence-electron chi connectivity index (χ1n) is 7.42. The maximum atomic E-state index is 5.32. The second-order valence-electron chi connectivity index (χ2n) is 5.47. The molecule has 5 heteroatoms. The van der Waals surface area contributed by atoms with Gasteiger partial charge in [-0.05, 0) is 38.0 Å². The van der Waals surface area contributed by atoms with E-state index in [4.69, 9.17) is 12.2 Å². The summed E-state index contributed by atoms with van der Waals surface area (Å²) < 4.78 is 0.639. The maximum absolute atomic E-state index is 5.32. The smallest absolute Gasteiger partial charge is 0.198 e. The van der Waals surface area contributed by atoms with Crippen molar-refractivity contribution in [3.63, 3.8) is 0 Å². The average molecular weight is 278 g/mol. The lowest BCUT2D eigenvalue weighted by Crippen LogP contribution is -2.27. The van der Waals surface area contributed by atoms with Crippen LogP contribution in [-0.2, 0) is 12.8 Å². The molecule has 3 rings (SSSR count). The molecule has 0 amide bonds. The monoisotopic (exact) mass is 278 g/mol. The Morgan fingerprint density at radius 3 is 2.53 bits per heavy atom. The van der Waals surface area contributed by atoms with Crippen molar-refractivity contribution in [1.82, 2.24) is 15.3 Å². The summed E-state index contributed by atoms with van der Waals surface area (Å²) >= 11 is 5.32. The third-order valence-electron chi connectivity index (χ3n) is 4.11. The van der Waals surface area contributed by atoms with Crippen molar-refractivity contribution in [2.75, 3.05) is 31.1 Å². The molecule has 0 spiro atoms. The van der Waals surface area contributed by atoms with Crippen LogP contribution < -0.4 is 10.2 Å². The standard InChI is InChI=1S/C14H22N4S/c19-14-16-12-6-8-15-7-5-11(12)13(17-14)18-9-3-1-2-4-10-18/h15H,1-10H2,(H,16,17,19). The van der Waals surface area contributed by atoms with Crippen LogP contribution >= 0.6 is 12.2 Å². The van der Waals surface area contributed by atoms with Crippen molar-refractivity contribution in [1.29, 1.82) is 0 Å². The zero-order valence-electron chi connectivity index (χ0n) is 11.4. The largest absolute Gasteiger partial charge is 0.356 e. The molecule has 1 aromatic rings. The Kier molecular flexibility index (Phi) is 4.13. The summed E-state index contributed by atoms with van der Waals surface area (Å²) in [5, 5.41) is 3.46. The van der Waals surface area contributed by atoms with E-state index in [1.807, 2.05) is 0 Å². The Balaban J connectivity index is 1.99. The summed E-state index contributed by atoms with van der Waals surface area (Å²) in [6.45, 7) is 4.33. The Morgan fingerprint density at radius 2 is 1.74 bits per heavy atom. The average Bonchev–Trinajstić information content (AvgIpc) is 2.79. The number of hydrogen-bond acceptors (Lipinski definition) is 4. The fourth-order valence-corrected chi connectivity index (χ4v) is 3.31. The highest BCUT2D eigenvalue weighted by molar-refractivity contribution is 7.71. The van der Waals surface area contributed by atoms with Gasteiger partial charge in [-0.1, -0.05) is 12.8 Å². The Labute approximate surface area is 119 Å². The van der Waals surface area contributed by atoms with Crippen LogP contribution in [0.25, 0.3) is 0 Å². The lowest BCUT2D eigenvalue weighted by molar-refractivity contribution is 0.707. The third-order valence-corrected chi connectivity index (χ3v) is 4.30. The summed E-state index contributed by atoms with van der Waals surface area (Å²) in [6.07, 6.45) is 7.34. The van der Waals surface area contributed by atoms with Crippen molar-refractivity contribution < 1.29 is 0 Å². The van der Waals surface area contributed by atoms with Crippen LogP contribution in [0.5, 0.6) is 0 Å². The SMILES string of the molecule is S=c1nc(N2CCCCCC2)c2c([nH]1)CCNCC2. The number of rotatable bonds is 1. The first kappa shape index (κ1) is 13.1. The number of nitrogens with zero attached hydrogens (tertiary/aromatic N) is 2. The molecular formula is C14H22N4S. The van der Waals surface area contributed by atoms with E-state index in [1.54, 1.807) is 0 Å². The van der Waals surface area contributed by atoms with Crippen LogP contribution in [0.3, 0.4) is 0 Å². The molecule has 0 aromatic carbocycles. The Morgan fingerprint density at radius 1 is 1.00 bits per heavy atom. The Bertz CT molecular complexity index is 489. The van der Waals surface area contributed by atoms with Gasteiger partial charge in [0.15, 0.2) is 4.77 Å². The molecule has 4 nitrogen and oxygen atoms in total. The lowest BCUT2D eigenvalue weighted by atomic mass is 10.1.